The summed E-state index contributed by atoms with van der Waals surface area (Å²) in [5.41, 5.74) is 3.57. The fraction of sp³-hybridized carbons (Fsp3) is 0.294. The van der Waals surface area contributed by atoms with E-state index >= 15 is 0 Å². The molecule has 0 spiro atoms. The van der Waals surface area contributed by atoms with E-state index in [-0.39, 0.29) is 17.4 Å². The van der Waals surface area contributed by atoms with E-state index in [9.17, 15) is 9.59 Å². The van der Waals surface area contributed by atoms with Crippen molar-refractivity contribution in [3.8, 4) is 28.3 Å². The van der Waals surface area contributed by atoms with Crippen LogP contribution in [0.3, 0.4) is 0 Å². The highest BCUT2D eigenvalue weighted by Gasteiger charge is 2.27. The molecule has 6 rings (SSSR count). The highest BCUT2D eigenvalue weighted by atomic mass is 35.5. The second-order valence-electron chi connectivity index (χ2n) is 11.2. The molecule has 1 saturated heterocycles. The number of hydrogen-bond donors (Lipinski definition) is 1. The van der Waals surface area contributed by atoms with Gasteiger partial charge in [0.25, 0.3) is 5.56 Å². The van der Waals surface area contributed by atoms with E-state index in [1.807, 2.05) is 43.3 Å². The summed E-state index contributed by atoms with van der Waals surface area (Å²) in [4.78, 5) is 41.1. The van der Waals surface area contributed by atoms with Gasteiger partial charge in [0.2, 0.25) is 5.88 Å². The van der Waals surface area contributed by atoms with Gasteiger partial charge >= 0.3 is 5.97 Å². The van der Waals surface area contributed by atoms with Gasteiger partial charge in [0, 0.05) is 41.9 Å². The Labute approximate surface area is 281 Å². The number of carbonyl (C=O) groups excluding carboxylic acids is 1. The Morgan fingerprint density at radius 3 is 2.47 bits per heavy atom. The molecule has 1 fully saturated rings. The lowest BCUT2D eigenvalue weighted by molar-refractivity contribution is -0.149. The quantitative estimate of drug-likeness (QED) is 0.179. The molecule has 5 aromatic rings. The lowest BCUT2D eigenvalue weighted by atomic mass is 9.97. The average Bonchev–Trinajstić information content (AvgIpc) is 3.08. The molecule has 0 atom stereocenters. The van der Waals surface area contributed by atoms with Gasteiger partial charge < -0.3 is 14.8 Å². The van der Waals surface area contributed by atoms with Gasteiger partial charge in [0.15, 0.2) is 0 Å². The van der Waals surface area contributed by atoms with Crippen LogP contribution in [0.4, 0.5) is 11.5 Å². The Kier molecular flexibility index (Phi) is 9.67. The number of nitrogens with zero attached hydrogens (tertiary/aromatic N) is 6. The zero-order chi connectivity index (χ0) is 33.1. The molecule has 0 bridgehead atoms. The first-order valence-electron chi connectivity index (χ1n) is 15.2. The number of ether oxygens (including phenoxy) is 2. The van der Waals surface area contributed by atoms with Gasteiger partial charge in [-0.3, -0.25) is 19.5 Å². The fourth-order valence-corrected chi connectivity index (χ4v) is 6.37. The number of hydrogen-bond acceptors (Lipinski definition) is 10. The normalized spacial score (nSPS) is 13.9. The summed E-state index contributed by atoms with van der Waals surface area (Å²) >= 11 is 14.0. The monoisotopic (exact) mass is 673 g/mol. The van der Waals surface area contributed by atoms with Crippen molar-refractivity contribution in [3.63, 3.8) is 0 Å². The van der Waals surface area contributed by atoms with E-state index in [2.05, 4.69) is 20.3 Å². The van der Waals surface area contributed by atoms with Crippen LogP contribution in [0.5, 0.6) is 5.88 Å². The van der Waals surface area contributed by atoms with Crippen LogP contribution < -0.4 is 15.6 Å². The van der Waals surface area contributed by atoms with Crippen molar-refractivity contribution in [2.45, 2.75) is 26.3 Å². The second-order valence-corrected chi connectivity index (χ2v) is 11.9. The third kappa shape index (κ3) is 6.64. The van der Waals surface area contributed by atoms with Crippen molar-refractivity contribution >= 4 is 51.4 Å². The molecular weight excluding hydrogens is 641 g/mol. The molecule has 242 valence electrons. The van der Waals surface area contributed by atoms with E-state index in [1.165, 1.54) is 4.68 Å². The highest BCUT2D eigenvalue weighted by Crippen LogP contribution is 2.42. The van der Waals surface area contributed by atoms with Gasteiger partial charge in [-0.05, 0) is 45.0 Å². The number of fused-ring (bicyclic) bond motifs is 1. The fourth-order valence-electron chi connectivity index (χ4n) is 5.77. The van der Waals surface area contributed by atoms with Crippen LogP contribution in [0.15, 0.2) is 65.8 Å². The van der Waals surface area contributed by atoms with Gasteiger partial charge in [-0.25, -0.2) is 14.6 Å². The van der Waals surface area contributed by atoms with Crippen molar-refractivity contribution in [2.75, 3.05) is 32.1 Å². The zero-order valence-electron chi connectivity index (χ0n) is 26.2. The Hall–Kier alpha value is -4.58. The predicted molar refractivity (Wildman–Crippen MR) is 182 cm³/mol. The Morgan fingerprint density at radius 1 is 1.00 bits per heavy atom. The van der Waals surface area contributed by atoms with E-state index in [0.717, 1.165) is 25.9 Å². The predicted octanol–water partition coefficient (Wildman–Crippen LogP) is 6.29. The number of nitrogens with one attached hydrogen (secondary N) is 1. The maximum absolute atomic E-state index is 12.9. The number of halogens is 2. The van der Waals surface area contributed by atoms with Gasteiger partial charge in [-0.1, -0.05) is 53.5 Å². The molecule has 13 heteroatoms. The van der Waals surface area contributed by atoms with Crippen LogP contribution in [-0.2, 0) is 23.1 Å². The smallest absolute Gasteiger partial charge is 0.309 e. The number of aromatic nitrogens is 5. The lowest BCUT2D eigenvalue weighted by Crippen LogP contribution is -2.36. The molecule has 4 heterocycles. The minimum atomic E-state index is -0.276. The van der Waals surface area contributed by atoms with Gasteiger partial charge in [-0.2, -0.15) is 5.10 Å². The number of anilines is 2. The van der Waals surface area contributed by atoms with Crippen LogP contribution >= 0.6 is 23.2 Å². The lowest BCUT2D eigenvalue weighted by Gasteiger charge is -2.30. The first-order valence-corrected chi connectivity index (χ1v) is 16.0. The molecule has 0 unspecified atom stereocenters. The average molecular weight is 675 g/mol. The Bertz CT molecular complexity index is 2010. The summed E-state index contributed by atoms with van der Waals surface area (Å²) in [7, 11) is 3.16. The molecule has 11 nitrogen and oxygen atoms in total. The Balaban J connectivity index is 1.26. The molecule has 47 heavy (non-hydrogen) atoms. The highest BCUT2D eigenvalue weighted by molar-refractivity contribution is 6.39. The van der Waals surface area contributed by atoms with Crippen molar-refractivity contribution in [1.82, 2.24) is 29.6 Å². The molecule has 0 radical (unpaired) electrons. The van der Waals surface area contributed by atoms with Gasteiger partial charge in [0.1, 0.15) is 11.5 Å². The molecule has 1 N–H and O–H groups in total. The number of carbonyl (C=O) groups is 1. The standard InChI is InChI=1S/C34H33Cl2N7O4/c1-4-47-34(45)20-12-15-43(16-13-20)19-27-32(46-3)41-26(18-38-27)24-9-5-7-22(29(24)35)23-8-6-10-25(30(23)36)40-31-28-21(11-14-37-31)17-39-42(2)33(28)44/h5-11,14,17-18,20H,4,12-13,15-16,19H2,1-3H3,(H,37,40). The van der Waals surface area contributed by atoms with Crippen molar-refractivity contribution in [3.05, 3.63) is 87.1 Å². The van der Waals surface area contributed by atoms with Crippen LogP contribution in [0.25, 0.3) is 33.2 Å². The van der Waals surface area contributed by atoms with E-state index in [4.69, 9.17) is 42.6 Å². The third-order valence-corrected chi connectivity index (χ3v) is 9.08. The van der Waals surface area contributed by atoms with Crippen molar-refractivity contribution in [1.29, 1.82) is 0 Å². The molecule has 0 amide bonds. The topological polar surface area (TPSA) is 124 Å². The molecule has 3 aromatic heterocycles. The maximum Gasteiger partial charge on any atom is 0.309 e. The van der Waals surface area contributed by atoms with Crippen molar-refractivity contribution < 1.29 is 14.3 Å². The van der Waals surface area contributed by atoms with Crippen LogP contribution in [0.1, 0.15) is 25.5 Å². The number of piperidine rings is 1. The first-order chi connectivity index (χ1) is 22.8. The maximum atomic E-state index is 12.9. The third-order valence-electron chi connectivity index (χ3n) is 8.26. The Morgan fingerprint density at radius 2 is 1.72 bits per heavy atom. The van der Waals surface area contributed by atoms with Crippen molar-refractivity contribution in [2.24, 2.45) is 13.0 Å². The van der Waals surface area contributed by atoms with E-state index < -0.39 is 0 Å². The van der Waals surface area contributed by atoms with Gasteiger partial charge in [-0.15, -0.1) is 0 Å². The van der Waals surface area contributed by atoms with Crippen LogP contribution in [0.2, 0.25) is 10.0 Å². The largest absolute Gasteiger partial charge is 0.480 e. The summed E-state index contributed by atoms with van der Waals surface area (Å²) in [6, 6.07) is 12.9. The molecular formula is C34H33Cl2N7O4. The number of rotatable bonds is 9. The summed E-state index contributed by atoms with van der Waals surface area (Å²) in [5.74, 6) is 0.589. The number of esters is 1. The number of pyridine rings is 1. The first kappa shape index (κ1) is 32.4. The number of likely N-dealkylation sites (tertiary alicyclic amines) is 1. The SMILES string of the molecule is CCOC(=O)C1CCN(Cc2ncc(-c3cccc(-c4cccc(Nc5nccc6cnn(C)c(=O)c56)c4Cl)c3Cl)nc2OC)CC1. The molecule has 2 aromatic carbocycles. The molecule has 1 aliphatic heterocycles. The van der Waals surface area contributed by atoms with E-state index in [0.29, 0.717) is 79.4 Å². The minimum absolute atomic E-state index is 0.0672. The van der Waals surface area contributed by atoms with E-state index in [1.54, 1.807) is 38.8 Å². The molecule has 1 aliphatic rings. The number of aryl methyl sites for hydroxylation is 1. The summed E-state index contributed by atoms with van der Waals surface area (Å²) in [6.07, 6.45) is 6.40. The van der Waals surface area contributed by atoms with Gasteiger partial charge in [0.05, 0.1) is 58.8 Å². The molecule has 0 aliphatic carbocycles. The molecule has 0 saturated carbocycles. The summed E-state index contributed by atoms with van der Waals surface area (Å²) < 4.78 is 12.1. The van der Waals surface area contributed by atoms with Crippen LogP contribution in [0, 0.1) is 5.92 Å². The van der Waals surface area contributed by atoms with Crippen LogP contribution in [-0.4, -0.2) is 62.4 Å². The summed E-state index contributed by atoms with van der Waals surface area (Å²) in [5, 5.41) is 9.25. The number of benzene rings is 2. The number of methoxy groups -OCH3 is 1. The summed E-state index contributed by atoms with van der Waals surface area (Å²) in [6.45, 7) is 4.27. The minimum Gasteiger partial charge on any atom is -0.480 e. The second kappa shape index (κ2) is 14.0. The zero-order valence-corrected chi connectivity index (χ0v) is 27.7.